The van der Waals surface area contributed by atoms with Gasteiger partial charge >= 0.3 is 0 Å². The molecule has 1 aromatic carbocycles. The maximum absolute atomic E-state index is 12.3. The third-order valence-electron chi connectivity index (χ3n) is 3.74. The van der Waals surface area contributed by atoms with E-state index in [9.17, 15) is 4.79 Å². The summed E-state index contributed by atoms with van der Waals surface area (Å²) in [7, 11) is 0. The molecule has 1 aliphatic rings. The van der Waals surface area contributed by atoms with Crippen molar-refractivity contribution in [3.8, 4) is 0 Å². The first-order valence-electron chi connectivity index (χ1n) is 6.22. The molecule has 0 spiro atoms. The van der Waals surface area contributed by atoms with Crippen LogP contribution in [0.2, 0.25) is 0 Å². The monoisotopic (exact) mass is 216 g/mol. The van der Waals surface area contributed by atoms with Crippen LogP contribution in [0.3, 0.4) is 0 Å². The van der Waals surface area contributed by atoms with Crippen LogP contribution in [-0.2, 0) is 11.2 Å². The fourth-order valence-electron chi connectivity index (χ4n) is 2.71. The SMILES string of the molecule is CC(C)C(=O)C1(Cc2ccccc2)CCC1. The van der Waals surface area contributed by atoms with Crippen LogP contribution in [0.1, 0.15) is 38.7 Å². The lowest BCUT2D eigenvalue weighted by atomic mass is 9.61. The second-order valence-electron chi connectivity index (χ2n) is 5.32. The Morgan fingerprint density at radius 3 is 2.31 bits per heavy atom. The first kappa shape index (κ1) is 11.4. The summed E-state index contributed by atoms with van der Waals surface area (Å²) in [5.41, 5.74) is 1.27. The zero-order valence-electron chi connectivity index (χ0n) is 10.2. The van der Waals surface area contributed by atoms with Gasteiger partial charge in [0.2, 0.25) is 0 Å². The molecule has 0 radical (unpaired) electrons. The van der Waals surface area contributed by atoms with Gasteiger partial charge < -0.3 is 0 Å². The van der Waals surface area contributed by atoms with Crippen LogP contribution < -0.4 is 0 Å². The minimum absolute atomic E-state index is 0.0322. The van der Waals surface area contributed by atoms with Crippen LogP contribution in [0, 0.1) is 11.3 Å². The van der Waals surface area contributed by atoms with Gasteiger partial charge in [-0.15, -0.1) is 0 Å². The van der Waals surface area contributed by atoms with E-state index in [1.54, 1.807) is 0 Å². The maximum Gasteiger partial charge on any atom is 0.141 e. The second-order valence-corrected chi connectivity index (χ2v) is 5.32. The van der Waals surface area contributed by atoms with Gasteiger partial charge in [-0.3, -0.25) is 4.79 Å². The number of ketones is 1. The fraction of sp³-hybridized carbons (Fsp3) is 0.533. The number of hydrogen-bond donors (Lipinski definition) is 0. The van der Waals surface area contributed by atoms with Crippen molar-refractivity contribution in [3.63, 3.8) is 0 Å². The van der Waals surface area contributed by atoms with E-state index in [1.807, 2.05) is 19.9 Å². The van der Waals surface area contributed by atoms with Gasteiger partial charge in [0.15, 0.2) is 0 Å². The highest BCUT2D eigenvalue weighted by Gasteiger charge is 2.44. The van der Waals surface area contributed by atoms with Gasteiger partial charge in [-0.05, 0) is 24.8 Å². The lowest BCUT2D eigenvalue weighted by Gasteiger charge is -2.42. The van der Waals surface area contributed by atoms with Crippen molar-refractivity contribution in [3.05, 3.63) is 35.9 Å². The minimum atomic E-state index is -0.0322. The highest BCUT2D eigenvalue weighted by molar-refractivity contribution is 5.87. The number of Topliss-reactive ketones (excluding diaryl/α,β-unsaturated/α-hetero) is 1. The molecule has 0 bridgehead atoms. The van der Waals surface area contributed by atoms with Crippen molar-refractivity contribution in [1.29, 1.82) is 0 Å². The maximum atomic E-state index is 12.3. The summed E-state index contributed by atoms with van der Waals surface area (Å²) >= 11 is 0. The Bertz CT molecular complexity index is 360. The molecular weight excluding hydrogens is 196 g/mol. The lowest BCUT2D eigenvalue weighted by Crippen LogP contribution is -2.42. The van der Waals surface area contributed by atoms with E-state index >= 15 is 0 Å². The Morgan fingerprint density at radius 1 is 1.25 bits per heavy atom. The third-order valence-corrected chi connectivity index (χ3v) is 3.74. The Labute approximate surface area is 97.9 Å². The lowest BCUT2D eigenvalue weighted by molar-refractivity contribution is -0.136. The van der Waals surface area contributed by atoms with Crippen molar-refractivity contribution < 1.29 is 4.79 Å². The molecule has 1 aliphatic carbocycles. The molecule has 86 valence electrons. The molecule has 0 aromatic heterocycles. The molecule has 0 aliphatic heterocycles. The third kappa shape index (κ3) is 2.04. The molecule has 0 unspecified atom stereocenters. The molecule has 0 N–H and O–H groups in total. The van der Waals surface area contributed by atoms with Crippen LogP contribution in [0.25, 0.3) is 0 Å². The first-order valence-corrected chi connectivity index (χ1v) is 6.22. The average Bonchev–Trinajstić information content (AvgIpc) is 2.24. The van der Waals surface area contributed by atoms with E-state index in [0.29, 0.717) is 5.78 Å². The Morgan fingerprint density at radius 2 is 1.88 bits per heavy atom. The average molecular weight is 216 g/mol. The zero-order chi connectivity index (χ0) is 11.6. The smallest absolute Gasteiger partial charge is 0.141 e. The Balaban J connectivity index is 2.14. The van der Waals surface area contributed by atoms with E-state index in [0.717, 1.165) is 19.3 Å². The molecule has 1 fully saturated rings. The molecule has 0 saturated heterocycles. The summed E-state index contributed by atoms with van der Waals surface area (Å²) in [6.07, 6.45) is 4.31. The Hall–Kier alpha value is -1.11. The summed E-state index contributed by atoms with van der Waals surface area (Å²) in [6.45, 7) is 4.04. The summed E-state index contributed by atoms with van der Waals surface area (Å²) < 4.78 is 0. The molecule has 1 aromatic rings. The number of benzene rings is 1. The van der Waals surface area contributed by atoms with Crippen molar-refractivity contribution in [2.75, 3.05) is 0 Å². The standard InChI is InChI=1S/C15H20O/c1-12(2)14(16)15(9-6-10-15)11-13-7-4-3-5-8-13/h3-5,7-8,12H,6,9-11H2,1-2H3. The number of hydrogen-bond acceptors (Lipinski definition) is 1. The van der Waals surface area contributed by atoms with E-state index < -0.39 is 0 Å². The van der Waals surface area contributed by atoms with E-state index in [-0.39, 0.29) is 11.3 Å². The quantitative estimate of drug-likeness (QED) is 0.751. The normalized spacial score (nSPS) is 18.2. The van der Waals surface area contributed by atoms with Crippen LogP contribution in [0.5, 0.6) is 0 Å². The van der Waals surface area contributed by atoms with Crippen LogP contribution in [0.15, 0.2) is 30.3 Å². The highest BCUT2D eigenvalue weighted by atomic mass is 16.1. The molecule has 0 atom stereocenters. The number of carbonyl (C=O) groups is 1. The molecule has 0 amide bonds. The molecule has 2 rings (SSSR count). The van der Waals surface area contributed by atoms with Gasteiger partial charge in [-0.25, -0.2) is 0 Å². The van der Waals surface area contributed by atoms with Crippen molar-refractivity contribution in [2.45, 2.75) is 39.5 Å². The van der Waals surface area contributed by atoms with Gasteiger partial charge in [0, 0.05) is 11.3 Å². The molecular formula is C15H20O. The second kappa shape index (κ2) is 4.40. The van der Waals surface area contributed by atoms with E-state index in [2.05, 4.69) is 24.3 Å². The first-order chi connectivity index (χ1) is 7.64. The number of carbonyl (C=O) groups excluding carboxylic acids is 1. The fourth-order valence-corrected chi connectivity index (χ4v) is 2.71. The van der Waals surface area contributed by atoms with Crippen LogP contribution in [-0.4, -0.2) is 5.78 Å². The van der Waals surface area contributed by atoms with Crippen LogP contribution >= 0.6 is 0 Å². The topological polar surface area (TPSA) is 17.1 Å². The highest BCUT2D eigenvalue weighted by Crippen LogP contribution is 2.46. The predicted molar refractivity (Wildman–Crippen MR) is 66.3 cm³/mol. The van der Waals surface area contributed by atoms with Crippen LogP contribution in [0.4, 0.5) is 0 Å². The zero-order valence-corrected chi connectivity index (χ0v) is 10.2. The van der Waals surface area contributed by atoms with Gasteiger partial charge in [0.25, 0.3) is 0 Å². The molecule has 1 saturated carbocycles. The number of rotatable bonds is 4. The summed E-state index contributed by atoms with van der Waals surface area (Å²) in [6, 6.07) is 10.4. The largest absolute Gasteiger partial charge is 0.299 e. The molecule has 0 heterocycles. The van der Waals surface area contributed by atoms with E-state index in [1.165, 1.54) is 12.0 Å². The summed E-state index contributed by atoms with van der Waals surface area (Å²) in [4.78, 5) is 12.3. The van der Waals surface area contributed by atoms with E-state index in [4.69, 9.17) is 0 Å². The van der Waals surface area contributed by atoms with Gasteiger partial charge in [0.05, 0.1) is 0 Å². The van der Waals surface area contributed by atoms with Gasteiger partial charge in [-0.2, -0.15) is 0 Å². The molecule has 1 heteroatoms. The summed E-state index contributed by atoms with van der Waals surface area (Å²) in [5.74, 6) is 0.631. The van der Waals surface area contributed by atoms with Crippen molar-refractivity contribution in [2.24, 2.45) is 11.3 Å². The molecule has 16 heavy (non-hydrogen) atoms. The summed E-state index contributed by atoms with van der Waals surface area (Å²) in [5, 5.41) is 0. The minimum Gasteiger partial charge on any atom is -0.299 e. The van der Waals surface area contributed by atoms with Gasteiger partial charge in [-0.1, -0.05) is 50.6 Å². The van der Waals surface area contributed by atoms with Gasteiger partial charge in [0.1, 0.15) is 5.78 Å². The predicted octanol–water partition coefficient (Wildman–Crippen LogP) is 3.62. The molecule has 1 nitrogen and oxygen atoms in total. The Kier molecular flexibility index (Phi) is 3.13. The van der Waals surface area contributed by atoms with Crippen molar-refractivity contribution >= 4 is 5.78 Å². The van der Waals surface area contributed by atoms with Crippen molar-refractivity contribution in [1.82, 2.24) is 0 Å².